The Balaban J connectivity index is 2.83. The van der Waals surface area contributed by atoms with Gasteiger partial charge in [0.1, 0.15) is 24.1 Å². The summed E-state index contributed by atoms with van der Waals surface area (Å²) in [6.07, 6.45) is 4.23. The summed E-state index contributed by atoms with van der Waals surface area (Å²) >= 11 is 9.56. The summed E-state index contributed by atoms with van der Waals surface area (Å²) in [6, 6.07) is 0. The molecule has 25 heavy (non-hydrogen) atoms. The Labute approximate surface area is 173 Å². The van der Waals surface area contributed by atoms with Crippen LogP contribution in [0.15, 0.2) is 16.8 Å². The number of halogens is 2. The summed E-state index contributed by atoms with van der Waals surface area (Å²) in [4.78, 5) is 30.6. The molecule has 0 heterocycles. The molecule has 1 aliphatic rings. The predicted molar refractivity (Wildman–Crippen MR) is 115 cm³/mol. The molecule has 0 aromatic carbocycles. The lowest BCUT2D eigenvalue weighted by Gasteiger charge is -2.29. The first-order valence-electron chi connectivity index (χ1n) is 8.70. The highest BCUT2D eigenvalue weighted by atomic mass is 127. The van der Waals surface area contributed by atoms with Gasteiger partial charge >= 0.3 is 0 Å². The lowest BCUT2D eigenvalue weighted by molar-refractivity contribution is -0.134. The molecular formula is C18H27ClINO3S. The van der Waals surface area contributed by atoms with Crippen LogP contribution in [0.5, 0.6) is 0 Å². The van der Waals surface area contributed by atoms with E-state index in [1.54, 1.807) is 6.08 Å². The number of nitrogens with zero attached hydrogens (tertiary/aromatic N) is 1. The lowest BCUT2D eigenvalue weighted by atomic mass is 9.75. The van der Waals surface area contributed by atoms with Crippen LogP contribution in [0.1, 0.15) is 46.5 Å². The van der Waals surface area contributed by atoms with Crippen molar-refractivity contribution in [3.05, 3.63) is 11.6 Å². The highest BCUT2D eigenvalue weighted by Gasteiger charge is 2.41. The van der Waals surface area contributed by atoms with Gasteiger partial charge in [0, 0.05) is 23.6 Å². The van der Waals surface area contributed by atoms with Crippen molar-refractivity contribution < 1.29 is 14.4 Å². The monoisotopic (exact) mass is 499 g/mol. The number of alkyl halides is 1. The van der Waals surface area contributed by atoms with Crippen molar-refractivity contribution in [3.63, 3.8) is 0 Å². The summed E-state index contributed by atoms with van der Waals surface area (Å²) in [5, 5.41) is 4.60. The van der Waals surface area contributed by atoms with E-state index < -0.39 is 5.92 Å². The maximum atomic E-state index is 12.7. The summed E-state index contributed by atoms with van der Waals surface area (Å²) < 4.78 is 0.00148. The minimum atomic E-state index is -0.743. The standard InChI is InChI=1S/C18H27ClINO3S/c1-4-14(20)18(21-24-8-6-7-19)17-15(22)10-13(11-16(17)23)9-12(3)25-5-2/h6-7,12-14,17H,4-5,8-11H2,1-3H3. The van der Waals surface area contributed by atoms with Crippen LogP contribution in [0.3, 0.4) is 0 Å². The highest BCUT2D eigenvalue weighted by molar-refractivity contribution is 14.1. The third-order valence-electron chi connectivity index (χ3n) is 4.15. The smallest absolute Gasteiger partial charge is 0.149 e. The van der Waals surface area contributed by atoms with Gasteiger partial charge in [0.2, 0.25) is 0 Å². The van der Waals surface area contributed by atoms with Crippen LogP contribution in [0.2, 0.25) is 0 Å². The summed E-state index contributed by atoms with van der Waals surface area (Å²) in [5.41, 5.74) is 1.91. The number of ketones is 2. The number of rotatable bonds is 10. The number of carbonyl (C=O) groups is 2. The van der Waals surface area contributed by atoms with E-state index in [1.807, 2.05) is 18.7 Å². The SMILES string of the molecule is CCSC(C)CC1CC(=O)C(C(=NOCC=CCl)C(I)CC)C(=O)C1. The first-order chi connectivity index (χ1) is 11.9. The Bertz CT molecular complexity index is 495. The van der Waals surface area contributed by atoms with E-state index in [9.17, 15) is 9.59 Å². The second kappa shape index (κ2) is 12.3. The van der Waals surface area contributed by atoms with Crippen LogP contribution < -0.4 is 0 Å². The van der Waals surface area contributed by atoms with Gasteiger partial charge in [-0.1, -0.05) is 60.1 Å². The average molecular weight is 500 g/mol. The quantitative estimate of drug-likeness (QED) is 0.106. The van der Waals surface area contributed by atoms with E-state index >= 15 is 0 Å². The maximum absolute atomic E-state index is 12.7. The molecule has 1 aliphatic carbocycles. The van der Waals surface area contributed by atoms with Crippen molar-refractivity contribution in [2.24, 2.45) is 17.0 Å². The van der Waals surface area contributed by atoms with Crippen LogP contribution in [-0.4, -0.2) is 38.8 Å². The molecule has 142 valence electrons. The molecule has 1 rings (SSSR count). The van der Waals surface area contributed by atoms with Crippen LogP contribution >= 0.6 is 46.0 Å². The van der Waals surface area contributed by atoms with Crippen molar-refractivity contribution in [1.29, 1.82) is 0 Å². The second-order valence-electron chi connectivity index (χ2n) is 6.19. The number of thioether (sulfide) groups is 1. The fraction of sp³-hybridized carbons (Fsp3) is 0.722. The Kier molecular flexibility index (Phi) is 11.3. The van der Waals surface area contributed by atoms with Gasteiger partial charge < -0.3 is 4.84 Å². The Morgan fingerprint density at radius 2 is 2.04 bits per heavy atom. The molecular weight excluding hydrogens is 473 g/mol. The van der Waals surface area contributed by atoms with Crippen molar-refractivity contribution in [2.75, 3.05) is 12.4 Å². The van der Waals surface area contributed by atoms with Crippen molar-refractivity contribution in [3.8, 4) is 0 Å². The molecule has 2 unspecified atom stereocenters. The molecule has 0 aromatic heterocycles. The molecule has 1 saturated carbocycles. The highest BCUT2D eigenvalue weighted by Crippen LogP contribution is 2.32. The second-order valence-corrected chi connectivity index (χ2v) is 9.66. The fourth-order valence-corrected chi connectivity index (χ4v) is 4.59. The molecule has 0 N–H and O–H groups in total. The molecule has 4 nitrogen and oxygen atoms in total. The summed E-state index contributed by atoms with van der Waals surface area (Å²) in [5.74, 6) is 0.435. The number of oxime groups is 1. The number of carbonyl (C=O) groups excluding carboxylic acids is 2. The van der Waals surface area contributed by atoms with Crippen molar-refractivity contribution >= 4 is 63.2 Å². The number of hydrogen-bond acceptors (Lipinski definition) is 5. The van der Waals surface area contributed by atoms with Crippen molar-refractivity contribution in [1.82, 2.24) is 0 Å². The molecule has 0 aromatic rings. The average Bonchev–Trinajstić information content (AvgIpc) is 2.55. The molecule has 0 spiro atoms. The summed E-state index contributed by atoms with van der Waals surface area (Å²) in [7, 11) is 0. The zero-order chi connectivity index (χ0) is 18.8. The Morgan fingerprint density at radius 3 is 2.56 bits per heavy atom. The lowest BCUT2D eigenvalue weighted by Crippen LogP contribution is -2.42. The first kappa shape index (κ1) is 23.0. The first-order valence-corrected chi connectivity index (χ1v) is 11.4. The molecule has 0 bridgehead atoms. The normalized spacial score (nSPS) is 24.6. The van der Waals surface area contributed by atoms with E-state index in [4.69, 9.17) is 16.4 Å². The molecule has 0 aliphatic heterocycles. The molecule has 7 heteroatoms. The van der Waals surface area contributed by atoms with Gasteiger partial charge in [-0.2, -0.15) is 11.8 Å². The number of hydrogen-bond donors (Lipinski definition) is 0. The molecule has 0 amide bonds. The number of Topliss-reactive ketones (excluding diaryl/α,β-unsaturated/α-hetero) is 2. The zero-order valence-corrected chi connectivity index (χ0v) is 18.8. The van der Waals surface area contributed by atoms with Gasteiger partial charge in [-0.05, 0) is 30.6 Å². The van der Waals surface area contributed by atoms with Crippen molar-refractivity contribution in [2.45, 2.75) is 55.6 Å². The van der Waals surface area contributed by atoms with E-state index in [1.165, 1.54) is 5.54 Å². The zero-order valence-electron chi connectivity index (χ0n) is 15.0. The van der Waals surface area contributed by atoms with Crippen LogP contribution in [0.25, 0.3) is 0 Å². The topological polar surface area (TPSA) is 55.7 Å². The van der Waals surface area contributed by atoms with Crippen LogP contribution in [-0.2, 0) is 14.4 Å². The predicted octanol–water partition coefficient (Wildman–Crippen LogP) is 5.02. The van der Waals surface area contributed by atoms with Gasteiger partial charge in [-0.25, -0.2) is 0 Å². The van der Waals surface area contributed by atoms with Gasteiger partial charge in [-0.15, -0.1) is 0 Å². The minimum Gasteiger partial charge on any atom is -0.392 e. The van der Waals surface area contributed by atoms with E-state index in [0.717, 1.165) is 18.6 Å². The Morgan fingerprint density at radius 1 is 1.40 bits per heavy atom. The van der Waals surface area contributed by atoms with Crippen LogP contribution in [0, 0.1) is 11.8 Å². The third-order valence-corrected chi connectivity index (χ3v) is 6.94. The maximum Gasteiger partial charge on any atom is 0.149 e. The van der Waals surface area contributed by atoms with Gasteiger partial charge in [0.15, 0.2) is 0 Å². The third kappa shape index (κ3) is 7.59. The van der Waals surface area contributed by atoms with E-state index in [-0.39, 0.29) is 28.0 Å². The van der Waals surface area contributed by atoms with Gasteiger partial charge in [-0.3, -0.25) is 9.59 Å². The minimum absolute atomic E-state index is 0.00148. The van der Waals surface area contributed by atoms with E-state index in [0.29, 0.717) is 23.8 Å². The summed E-state index contributed by atoms with van der Waals surface area (Å²) in [6.45, 7) is 6.53. The Hall–Kier alpha value is -0.0800. The fourth-order valence-electron chi connectivity index (χ4n) is 3.07. The van der Waals surface area contributed by atoms with Crippen LogP contribution in [0.4, 0.5) is 0 Å². The molecule has 0 radical (unpaired) electrons. The largest absolute Gasteiger partial charge is 0.392 e. The van der Waals surface area contributed by atoms with Gasteiger partial charge in [0.05, 0.1) is 9.64 Å². The molecule has 1 fully saturated rings. The van der Waals surface area contributed by atoms with Gasteiger partial charge in [0.25, 0.3) is 0 Å². The molecule has 2 atom stereocenters. The molecule has 0 saturated heterocycles. The van der Waals surface area contributed by atoms with E-state index in [2.05, 4.69) is 41.6 Å².